The number of carboxylic acids is 1. The van der Waals surface area contributed by atoms with Crippen molar-refractivity contribution >= 4 is 33.6 Å². The molecule has 2 fully saturated rings. The van der Waals surface area contributed by atoms with Crippen LogP contribution in [-0.4, -0.2) is 112 Å². The fourth-order valence-electron chi connectivity index (χ4n) is 5.89. The molecule has 300 valence electrons. The molecule has 2 amide bonds. The zero-order valence-electron chi connectivity index (χ0n) is 29.9. The Morgan fingerprint density at radius 2 is 1.69 bits per heavy atom. The number of aromatic nitrogens is 1. The van der Waals surface area contributed by atoms with Crippen molar-refractivity contribution in [2.45, 2.75) is 98.6 Å². The highest BCUT2D eigenvalue weighted by Gasteiger charge is 2.48. The van der Waals surface area contributed by atoms with E-state index in [1.807, 2.05) is 30.3 Å². The van der Waals surface area contributed by atoms with Crippen LogP contribution in [0.5, 0.6) is 5.75 Å². The van der Waals surface area contributed by atoms with E-state index in [1.165, 1.54) is 18.2 Å². The first-order valence-corrected chi connectivity index (χ1v) is 19.8. The molecule has 5 rings (SSSR count). The number of aliphatic carboxylic acids is 1. The topological polar surface area (TPSA) is 257 Å². The summed E-state index contributed by atoms with van der Waals surface area (Å²) >= 11 is 6.55. The van der Waals surface area contributed by atoms with Gasteiger partial charge in [-0.1, -0.05) is 35.9 Å². The number of aliphatic hydroxyl groups is 5. The molecule has 55 heavy (non-hydrogen) atoms. The van der Waals surface area contributed by atoms with Crippen molar-refractivity contribution in [3.05, 3.63) is 77.1 Å². The van der Waals surface area contributed by atoms with Crippen LogP contribution in [0.2, 0.25) is 5.02 Å². The van der Waals surface area contributed by atoms with Crippen LogP contribution in [0.4, 0.5) is 4.79 Å². The SMILES string of the molecule is O=C(NCCCCC(NS(=O)(=O)c1ccc(COC2(c3cnccc3-c3ccccc3OC3CC3)CC2)c(Cl)c1)C(=O)O)NC[C@H](O)[C@@H](O)[C@H](O)[C@H](O)CO. The van der Waals surface area contributed by atoms with Gasteiger partial charge in [0, 0.05) is 41.6 Å². The fraction of sp³-hybridized carbons (Fsp3) is 0.486. The van der Waals surface area contributed by atoms with Crippen LogP contribution in [0.1, 0.15) is 56.1 Å². The van der Waals surface area contributed by atoms with Crippen LogP contribution >= 0.6 is 11.6 Å². The van der Waals surface area contributed by atoms with Gasteiger partial charge in [0.05, 0.1) is 35.9 Å². The third-order valence-corrected chi connectivity index (χ3v) is 11.3. The van der Waals surface area contributed by atoms with Gasteiger partial charge in [-0.25, -0.2) is 13.2 Å². The number of amides is 2. The highest BCUT2D eigenvalue weighted by Crippen LogP contribution is 2.53. The lowest BCUT2D eigenvalue weighted by Crippen LogP contribution is -2.50. The van der Waals surface area contributed by atoms with Gasteiger partial charge in [-0.15, -0.1) is 0 Å². The number of para-hydroxylation sites is 1. The third-order valence-electron chi connectivity index (χ3n) is 9.45. The monoisotopic (exact) mass is 806 g/mol. The van der Waals surface area contributed by atoms with E-state index in [0.717, 1.165) is 48.1 Å². The summed E-state index contributed by atoms with van der Waals surface area (Å²) in [5.74, 6) is -0.587. The van der Waals surface area contributed by atoms with Crippen LogP contribution in [0.3, 0.4) is 0 Å². The summed E-state index contributed by atoms with van der Waals surface area (Å²) < 4.78 is 41.3. The molecule has 0 spiro atoms. The first-order valence-electron chi connectivity index (χ1n) is 18.0. The highest BCUT2D eigenvalue weighted by atomic mass is 35.5. The summed E-state index contributed by atoms with van der Waals surface area (Å²) in [5.41, 5.74) is 2.77. The summed E-state index contributed by atoms with van der Waals surface area (Å²) in [5, 5.41) is 62.2. The number of hydrogen-bond donors (Lipinski definition) is 9. The average Bonchev–Trinajstić information content (AvgIpc) is 4.12. The predicted molar refractivity (Wildman–Crippen MR) is 199 cm³/mol. The number of sulfonamides is 1. The number of rotatable bonds is 22. The molecule has 0 bridgehead atoms. The standard InChI is InChI=1S/C37H47ClN4O12S/c38-28-17-24(55(51,52)42-29(35(48)49)6-3-4-15-40-36(50)41-19-30(44)33(46)34(47)31(45)20-43)11-8-22(28)21-53-37(13-14-37)27-18-39-16-12-25(27)26-5-1-2-7-32(26)54-23-9-10-23/h1-2,5,7-8,11-12,16-18,23,29-31,33-34,42-47H,3-4,6,9-10,13-15,19-21H2,(H,48,49)(H2,40,41,50)/t29?,30-,31+,33+,34+/m0/s1. The molecule has 16 nitrogen and oxygen atoms in total. The molecule has 18 heteroatoms. The molecule has 0 saturated heterocycles. The van der Waals surface area contributed by atoms with Gasteiger partial charge in [0.15, 0.2) is 0 Å². The van der Waals surface area contributed by atoms with E-state index in [2.05, 4.69) is 20.3 Å². The minimum atomic E-state index is -4.30. The van der Waals surface area contributed by atoms with Gasteiger partial charge in [0.25, 0.3) is 0 Å². The quantitative estimate of drug-likeness (QED) is 0.0658. The molecule has 2 aliphatic rings. The number of pyridine rings is 1. The molecule has 2 aliphatic carbocycles. The molecule has 1 aromatic heterocycles. The molecule has 1 heterocycles. The maximum absolute atomic E-state index is 13.2. The summed E-state index contributed by atoms with van der Waals surface area (Å²) in [6.07, 6.45) is 0.719. The summed E-state index contributed by atoms with van der Waals surface area (Å²) in [6.45, 7) is -1.17. The second kappa shape index (κ2) is 18.8. The number of nitrogens with one attached hydrogen (secondary N) is 3. The van der Waals surface area contributed by atoms with Crippen molar-refractivity contribution in [1.82, 2.24) is 20.3 Å². The van der Waals surface area contributed by atoms with Crippen LogP contribution < -0.4 is 20.1 Å². The molecule has 1 unspecified atom stereocenters. The predicted octanol–water partition coefficient (Wildman–Crippen LogP) is 1.79. The number of urea groups is 1. The normalized spacial score (nSPS) is 17.7. The van der Waals surface area contributed by atoms with Crippen LogP contribution in [0.25, 0.3) is 11.1 Å². The number of carboxylic acid groups (broad SMARTS) is 1. The first kappa shape index (κ1) is 42.2. The van der Waals surface area contributed by atoms with Crippen molar-refractivity contribution in [2.24, 2.45) is 0 Å². The number of carbonyl (C=O) groups is 2. The maximum Gasteiger partial charge on any atom is 0.321 e. The molecule has 5 atom stereocenters. The van der Waals surface area contributed by atoms with Crippen molar-refractivity contribution in [3.8, 4) is 16.9 Å². The zero-order valence-corrected chi connectivity index (χ0v) is 31.5. The lowest BCUT2D eigenvalue weighted by Gasteiger charge is -2.25. The van der Waals surface area contributed by atoms with E-state index in [9.17, 15) is 43.5 Å². The van der Waals surface area contributed by atoms with E-state index in [-0.39, 0.29) is 48.4 Å². The minimum Gasteiger partial charge on any atom is -0.490 e. The Kier molecular flexibility index (Phi) is 14.5. The van der Waals surface area contributed by atoms with Crippen molar-refractivity contribution < 1.29 is 58.1 Å². The second-order valence-electron chi connectivity index (χ2n) is 13.7. The molecule has 0 radical (unpaired) electrons. The number of carbonyl (C=O) groups excluding carboxylic acids is 1. The number of ether oxygens (including phenoxy) is 2. The van der Waals surface area contributed by atoms with Crippen LogP contribution in [0.15, 0.2) is 65.8 Å². The summed E-state index contributed by atoms with van der Waals surface area (Å²) in [4.78, 5) is 28.1. The minimum absolute atomic E-state index is 0.0695. The molecule has 9 N–H and O–H groups in total. The molecular weight excluding hydrogens is 760 g/mol. The second-order valence-corrected chi connectivity index (χ2v) is 15.8. The lowest BCUT2D eigenvalue weighted by atomic mass is 9.96. The van der Waals surface area contributed by atoms with E-state index in [1.54, 1.807) is 12.4 Å². The van der Waals surface area contributed by atoms with Gasteiger partial charge < -0.3 is 50.7 Å². The van der Waals surface area contributed by atoms with Gasteiger partial charge in [-0.3, -0.25) is 9.78 Å². The molecule has 2 aromatic carbocycles. The van der Waals surface area contributed by atoms with Crippen molar-refractivity contribution in [1.29, 1.82) is 0 Å². The number of halogens is 1. The Labute approximate surface area is 323 Å². The van der Waals surface area contributed by atoms with Gasteiger partial charge in [0.1, 0.15) is 30.1 Å². The lowest BCUT2D eigenvalue weighted by molar-refractivity contribution is -0.139. The van der Waals surface area contributed by atoms with Crippen molar-refractivity contribution in [2.75, 3.05) is 19.7 Å². The number of unbranched alkanes of at least 4 members (excludes halogenated alkanes) is 1. The van der Waals surface area contributed by atoms with E-state index in [4.69, 9.17) is 26.2 Å². The smallest absolute Gasteiger partial charge is 0.321 e. The van der Waals surface area contributed by atoms with E-state index in [0.29, 0.717) is 5.56 Å². The van der Waals surface area contributed by atoms with E-state index >= 15 is 0 Å². The average molecular weight is 807 g/mol. The van der Waals surface area contributed by atoms with Crippen LogP contribution in [0, 0.1) is 0 Å². The zero-order chi connectivity index (χ0) is 39.8. The first-order chi connectivity index (χ1) is 26.2. The Balaban J connectivity index is 1.11. The summed E-state index contributed by atoms with van der Waals surface area (Å²) in [7, 11) is -4.30. The van der Waals surface area contributed by atoms with E-state index < -0.39 is 71.2 Å². The van der Waals surface area contributed by atoms with Gasteiger partial charge >= 0.3 is 12.0 Å². The number of aliphatic hydroxyl groups excluding tert-OH is 5. The highest BCUT2D eigenvalue weighted by molar-refractivity contribution is 7.89. The molecule has 0 aliphatic heterocycles. The Bertz CT molecular complexity index is 1900. The Morgan fingerprint density at radius 3 is 2.36 bits per heavy atom. The van der Waals surface area contributed by atoms with Gasteiger partial charge in [-0.05, 0) is 80.3 Å². The number of nitrogens with zero attached hydrogens (tertiary/aromatic N) is 1. The molecular formula is C37H47ClN4O12S. The summed E-state index contributed by atoms with van der Waals surface area (Å²) in [6, 6.07) is 11.7. The largest absolute Gasteiger partial charge is 0.490 e. The fourth-order valence-corrected chi connectivity index (χ4v) is 7.44. The molecule has 2 saturated carbocycles. The third kappa shape index (κ3) is 11.3. The number of hydrogen-bond acceptors (Lipinski definition) is 12. The maximum atomic E-state index is 13.2. The van der Waals surface area contributed by atoms with Gasteiger partial charge in [-0.2, -0.15) is 4.72 Å². The van der Waals surface area contributed by atoms with Crippen LogP contribution in [-0.2, 0) is 31.8 Å². The van der Waals surface area contributed by atoms with Crippen molar-refractivity contribution in [3.63, 3.8) is 0 Å². The Morgan fingerprint density at radius 1 is 0.964 bits per heavy atom. The Hall–Kier alpha value is -3.91. The molecule has 3 aromatic rings. The van der Waals surface area contributed by atoms with Gasteiger partial charge in [0.2, 0.25) is 10.0 Å². The number of benzene rings is 2.